The van der Waals surface area contributed by atoms with Gasteiger partial charge in [-0.15, -0.1) is 0 Å². The number of rotatable bonds is 6. The molecule has 2 fully saturated rings. The topological polar surface area (TPSA) is 96.1 Å². The first-order valence-electron chi connectivity index (χ1n) is 12.4. The highest BCUT2D eigenvalue weighted by molar-refractivity contribution is 9.10. The molecular weight excluding hydrogens is 552 g/mol. The molecule has 0 radical (unpaired) electrons. The fourth-order valence-corrected chi connectivity index (χ4v) is 5.31. The predicted molar refractivity (Wildman–Crippen MR) is 147 cm³/mol. The lowest BCUT2D eigenvalue weighted by Crippen LogP contribution is -2.33. The maximum absolute atomic E-state index is 6.54. The molecule has 2 saturated heterocycles. The minimum atomic E-state index is -0.745. The Morgan fingerprint density at radius 2 is 1.97 bits per heavy atom. The summed E-state index contributed by atoms with van der Waals surface area (Å²) >= 11 is 3.46. The number of nitrogens with zero attached hydrogens (tertiary/aromatic N) is 6. The van der Waals surface area contributed by atoms with Gasteiger partial charge in [0.05, 0.1) is 17.2 Å². The van der Waals surface area contributed by atoms with E-state index in [1.54, 1.807) is 12.5 Å². The third-order valence-electron chi connectivity index (χ3n) is 6.51. The first-order valence-corrected chi connectivity index (χ1v) is 13.2. The Hall–Kier alpha value is -3.12. The van der Waals surface area contributed by atoms with Crippen LogP contribution in [0.2, 0.25) is 0 Å². The normalized spacial score (nSPS) is 24.5. The summed E-state index contributed by atoms with van der Waals surface area (Å²) in [5.74, 6) is 1.20. The zero-order valence-electron chi connectivity index (χ0n) is 21.8. The average molecular weight is 581 g/mol. The van der Waals surface area contributed by atoms with Gasteiger partial charge in [-0.3, -0.25) is 4.98 Å². The molecule has 0 spiro atoms. The van der Waals surface area contributed by atoms with Crippen molar-refractivity contribution in [3.63, 3.8) is 0 Å². The second kappa shape index (κ2) is 9.57. The lowest BCUT2D eigenvalue weighted by Gasteiger charge is -2.25. The largest absolute Gasteiger partial charge is 0.491 e. The summed E-state index contributed by atoms with van der Waals surface area (Å²) in [6.45, 7) is 5.99. The van der Waals surface area contributed by atoms with Crippen molar-refractivity contribution in [3.05, 3.63) is 53.0 Å². The van der Waals surface area contributed by atoms with Gasteiger partial charge >= 0.3 is 0 Å². The van der Waals surface area contributed by atoms with Gasteiger partial charge < -0.3 is 28.4 Å². The Labute approximate surface area is 228 Å². The van der Waals surface area contributed by atoms with Gasteiger partial charge in [0.25, 0.3) is 0 Å². The molecule has 4 atom stereocenters. The fourth-order valence-electron chi connectivity index (χ4n) is 4.96. The van der Waals surface area contributed by atoms with Crippen molar-refractivity contribution in [2.24, 2.45) is 4.99 Å². The van der Waals surface area contributed by atoms with Gasteiger partial charge in [0.2, 0.25) is 0 Å². The van der Waals surface area contributed by atoms with Crippen molar-refractivity contribution >= 4 is 50.0 Å². The van der Waals surface area contributed by atoms with Gasteiger partial charge in [-0.25, -0.2) is 15.0 Å². The quantitative estimate of drug-likeness (QED) is 0.238. The molecule has 3 aromatic heterocycles. The van der Waals surface area contributed by atoms with Crippen LogP contribution in [-0.2, 0) is 14.2 Å². The number of fused-ring (bicyclic) bond motifs is 3. The van der Waals surface area contributed by atoms with Gasteiger partial charge in [-0.05, 0) is 61.0 Å². The van der Waals surface area contributed by atoms with Gasteiger partial charge in [0.1, 0.15) is 42.1 Å². The summed E-state index contributed by atoms with van der Waals surface area (Å²) in [6.07, 6.45) is 3.99. The number of aromatic nitrogens is 4. The van der Waals surface area contributed by atoms with Crippen LogP contribution in [0, 0.1) is 6.92 Å². The highest BCUT2D eigenvalue weighted by Gasteiger charge is 2.56. The lowest BCUT2D eigenvalue weighted by atomic mass is 10.1. The molecule has 2 aliphatic rings. The number of aliphatic imine (C=N–C) groups is 1. The second-order valence-electron chi connectivity index (χ2n) is 10.2. The van der Waals surface area contributed by atoms with E-state index in [0.29, 0.717) is 24.0 Å². The molecular formula is C27H29BrN6O4. The SMILES string of the molecule is Cc1nc(/N=C/N(C)C)c2ccn([C@@H]3O[C@H](COc4ccc5cc(Br)cnc5c4)[C@H]4OC(C)(C)O[C@H]43)c2n1. The van der Waals surface area contributed by atoms with Crippen molar-refractivity contribution in [2.75, 3.05) is 20.7 Å². The molecule has 0 bridgehead atoms. The third-order valence-corrected chi connectivity index (χ3v) is 6.94. The van der Waals surface area contributed by atoms with Crippen LogP contribution in [0.15, 0.2) is 52.2 Å². The Bertz CT molecular complexity index is 1540. The highest BCUT2D eigenvalue weighted by atomic mass is 79.9. The number of hydrogen-bond acceptors (Lipinski definition) is 8. The van der Waals surface area contributed by atoms with Gasteiger partial charge in [-0.1, -0.05) is 0 Å². The molecule has 38 heavy (non-hydrogen) atoms. The van der Waals surface area contributed by atoms with E-state index in [1.165, 1.54) is 0 Å². The molecule has 0 N–H and O–H groups in total. The van der Waals surface area contributed by atoms with Crippen molar-refractivity contribution in [1.82, 2.24) is 24.4 Å². The Morgan fingerprint density at radius 1 is 1.16 bits per heavy atom. The van der Waals surface area contributed by atoms with Crippen molar-refractivity contribution < 1.29 is 18.9 Å². The number of aryl methyl sites for hydroxylation is 1. The van der Waals surface area contributed by atoms with E-state index in [2.05, 4.69) is 30.9 Å². The maximum Gasteiger partial charge on any atom is 0.166 e. The number of halogens is 1. The number of ether oxygens (including phenoxy) is 4. The first kappa shape index (κ1) is 25.2. The van der Waals surface area contributed by atoms with Crippen LogP contribution < -0.4 is 4.74 Å². The molecule has 0 unspecified atom stereocenters. The number of hydrogen-bond donors (Lipinski definition) is 0. The Morgan fingerprint density at radius 3 is 2.79 bits per heavy atom. The summed E-state index contributed by atoms with van der Waals surface area (Å²) < 4.78 is 28.3. The van der Waals surface area contributed by atoms with E-state index in [-0.39, 0.29) is 18.3 Å². The smallest absolute Gasteiger partial charge is 0.166 e. The van der Waals surface area contributed by atoms with Crippen LogP contribution in [0.4, 0.5) is 5.82 Å². The summed E-state index contributed by atoms with van der Waals surface area (Å²) in [5.41, 5.74) is 1.59. The highest BCUT2D eigenvalue weighted by Crippen LogP contribution is 2.44. The minimum absolute atomic E-state index is 0.296. The Balaban J connectivity index is 1.28. The monoisotopic (exact) mass is 580 g/mol. The molecule has 5 heterocycles. The van der Waals surface area contributed by atoms with Gasteiger partial charge in [-0.2, -0.15) is 0 Å². The summed E-state index contributed by atoms with van der Waals surface area (Å²) in [7, 11) is 3.84. The molecule has 11 heteroatoms. The standard InChI is InChI=1S/C27H29BrN6O4/c1-15-31-24(30-14-33(4)5)19-8-9-34(25(19)32-15)26-23-22(37-27(2,3)38-23)21(36-26)13-35-18-7-6-16-10-17(28)12-29-20(16)11-18/h6-12,14,21-23,26H,13H2,1-5H3/b30-14+/t21-,22-,23-,26-/m1/s1. The fraction of sp³-hybridized carbons (Fsp3) is 0.407. The van der Waals surface area contributed by atoms with Gasteiger partial charge in [0, 0.05) is 42.4 Å². The molecule has 0 saturated carbocycles. The second-order valence-corrected chi connectivity index (χ2v) is 11.1. The van der Waals surface area contributed by atoms with Crippen molar-refractivity contribution in [1.29, 1.82) is 0 Å². The molecule has 198 valence electrons. The van der Waals surface area contributed by atoms with Crippen molar-refractivity contribution in [3.8, 4) is 5.75 Å². The van der Waals surface area contributed by atoms with Crippen molar-refractivity contribution in [2.45, 2.75) is 51.1 Å². The molecule has 0 amide bonds. The zero-order valence-corrected chi connectivity index (χ0v) is 23.4. The number of pyridine rings is 1. The van der Waals surface area contributed by atoms with Crippen LogP contribution >= 0.6 is 15.9 Å². The lowest BCUT2D eigenvalue weighted by molar-refractivity contribution is -0.198. The van der Waals surface area contributed by atoms with Crippen LogP contribution in [0.3, 0.4) is 0 Å². The van der Waals surface area contributed by atoms with Crippen LogP contribution in [0.5, 0.6) is 5.75 Å². The molecule has 4 aromatic rings. The van der Waals surface area contributed by atoms with E-state index in [9.17, 15) is 0 Å². The number of benzene rings is 1. The van der Waals surface area contributed by atoms with E-state index < -0.39 is 12.0 Å². The van der Waals surface area contributed by atoms with E-state index >= 15 is 0 Å². The molecule has 1 aromatic carbocycles. The van der Waals surface area contributed by atoms with Crippen LogP contribution in [0.25, 0.3) is 21.9 Å². The summed E-state index contributed by atoms with van der Waals surface area (Å²) in [4.78, 5) is 20.1. The van der Waals surface area contributed by atoms with Gasteiger partial charge in [0.15, 0.2) is 17.8 Å². The average Bonchev–Trinajstić information content (AvgIpc) is 3.51. The molecule has 2 aliphatic heterocycles. The summed E-state index contributed by atoms with van der Waals surface area (Å²) in [6, 6.07) is 9.84. The van der Waals surface area contributed by atoms with Crippen LogP contribution in [-0.4, -0.2) is 75.6 Å². The molecule has 10 nitrogen and oxygen atoms in total. The zero-order chi connectivity index (χ0) is 26.6. The predicted octanol–water partition coefficient (Wildman–Crippen LogP) is 4.77. The van der Waals surface area contributed by atoms with E-state index in [0.717, 1.165) is 26.4 Å². The van der Waals surface area contributed by atoms with E-state index in [1.807, 2.05) is 80.9 Å². The van der Waals surface area contributed by atoms with Crippen LogP contribution in [0.1, 0.15) is 25.9 Å². The molecule has 0 aliphatic carbocycles. The summed E-state index contributed by atoms with van der Waals surface area (Å²) in [5, 5.41) is 1.87. The van der Waals surface area contributed by atoms with E-state index in [4.69, 9.17) is 23.9 Å². The third kappa shape index (κ3) is 4.75. The minimum Gasteiger partial charge on any atom is -0.491 e. The molecule has 6 rings (SSSR count). The maximum atomic E-state index is 6.54. The first-order chi connectivity index (χ1) is 18.2. The Kier molecular flexibility index (Phi) is 6.34.